The highest BCUT2D eigenvalue weighted by molar-refractivity contribution is 7.18. The van der Waals surface area contributed by atoms with Gasteiger partial charge >= 0.3 is 0 Å². The number of nitrogens with one attached hydrogen (secondary N) is 1. The lowest BCUT2D eigenvalue weighted by molar-refractivity contribution is 0.0968. The molecule has 0 bridgehead atoms. The number of carbonyl (C=O) groups excluding carboxylic acids is 1. The van der Waals surface area contributed by atoms with E-state index in [0.717, 1.165) is 31.2 Å². The summed E-state index contributed by atoms with van der Waals surface area (Å²) >= 11 is 1.48. The zero-order valence-electron chi connectivity index (χ0n) is 11.6. The van der Waals surface area contributed by atoms with E-state index >= 15 is 0 Å². The Morgan fingerprint density at radius 2 is 2.11 bits per heavy atom. The summed E-state index contributed by atoms with van der Waals surface area (Å²) in [7, 11) is 1.63. The minimum Gasteiger partial charge on any atom is -0.397 e. The summed E-state index contributed by atoms with van der Waals surface area (Å²) in [6, 6.07) is 1.92. The lowest BCUT2D eigenvalue weighted by Crippen LogP contribution is -2.46. The third-order valence-corrected chi connectivity index (χ3v) is 4.62. The minimum atomic E-state index is -0.0987. The number of nitrogen functional groups attached to an aromatic ring is 1. The van der Waals surface area contributed by atoms with E-state index < -0.39 is 0 Å². The molecule has 1 aromatic heterocycles. The Morgan fingerprint density at radius 3 is 2.68 bits per heavy atom. The molecule has 0 radical (unpaired) electrons. The SMILES string of the molecule is CCCN1CCN(c2cc(N)c(C(=O)NC)s2)CC1. The molecule has 1 aliphatic heterocycles. The first-order valence-electron chi connectivity index (χ1n) is 6.74. The van der Waals surface area contributed by atoms with E-state index in [2.05, 4.69) is 22.0 Å². The summed E-state index contributed by atoms with van der Waals surface area (Å²) in [5, 5.41) is 3.73. The van der Waals surface area contributed by atoms with Crippen molar-refractivity contribution in [3.8, 4) is 0 Å². The lowest BCUT2D eigenvalue weighted by atomic mass is 10.3. The van der Waals surface area contributed by atoms with Gasteiger partial charge in [0.25, 0.3) is 5.91 Å². The number of thiophene rings is 1. The van der Waals surface area contributed by atoms with E-state index in [1.807, 2.05) is 6.07 Å². The first kappa shape index (κ1) is 14.1. The number of nitrogens with zero attached hydrogens (tertiary/aromatic N) is 2. The number of hydrogen-bond donors (Lipinski definition) is 2. The number of amides is 1. The van der Waals surface area contributed by atoms with E-state index in [9.17, 15) is 4.79 Å². The Hall–Kier alpha value is -1.27. The van der Waals surface area contributed by atoms with Crippen LogP contribution in [0.25, 0.3) is 0 Å². The molecule has 0 atom stereocenters. The maximum atomic E-state index is 11.7. The molecule has 1 aliphatic rings. The van der Waals surface area contributed by atoms with Crippen molar-refractivity contribution >= 4 is 27.9 Å². The van der Waals surface area contributed by atoms with Crippen molar-refractivity contribution in [2.24, 2.45) is 0 Å². The van der Waals surface area contributed by atoms with Crippen LogP contribution in [0.15, 0.2) is 6.07 Å². The number of carbonyl (C=O) groups is 1. The van der Waals surface area contributed by atoms with Crippen molar-refractivity contribution in [1.29, 1.82) is 0 Å². The van der Waals surface area contributed by atoms with Gasteiger partial charge in [0.15, 0.2) is 0 Å². The van der Waals surface area contributed by atoms with Gasteiger partial charge in [0.1, 0.15) is 4.88 Å². The molecule has 1 saturated heterocycles. The molecule has 1 aromatic rings. The zero-order valence-corrected chi connectivity index (χ0v) is 12.4. The topological polar surface area (TPSA) is 61.6 Å². The first-order valence-corrected chi connectivity index (χ1v) is 7.56. The molecule has 0 saturated carbocycles. The highest BCUT2D eigenvalue weighted by Crippen LogP contribution is 2.32. The molecule has 0 unspecified atom stereocenters. The van der Waals surface area contributed by atoms with Crippen LogP contribution >= 0.6 is 11.3 Å². The fourth-order valence-electron chi connectivity index (χ4n) is 2.35. The van der Waals surface area contributed by atoms with Crippen molar-refractivity contribution < 1.29 is 4.79 Å². The molecule has 0 spiro atoms. The van der Waals surface area contributed by atoms with Gasteiger partial charge in [-0.2, -0.15) is 0 Å². The van der Waals surface area contributed by atoms with Crippen LogP contribution in [0.5, 0.6) is 0 Å². The van der Waals surface area contributed by atoms with E-state index in [4.69, 9.17) is 5.73 Å². The maximum Gasteiger partial charge on any atom is 0.263 e. The van der Waals surface area contributed by atoms with Crippen LogP contribution in [-0.4, -0.2) is 50.6 Å². The lowest BCUT2D eigenvalue weighted by Gasteiger charge is -2.35. The van der Waals surface area contributed by atoms with Gasteiger partial charge in [-0.25, -0.2) is 0 Å². The van der Waals surface area contributed by atoms with Gasteiger partial charge in [-0.3, -0.25) is 9.69 Å². The first-order chi connectivity index (χ1) is 9.15. The molecule has 3 N–H and O–H groups in total. The smallest absolute Gasteiger partial charge is 0.263 e. The second-order valence-corrected chi connectivity index (χ2v) is 5.81. The van der Waals surface area contributed by atoms with Crippen LogP contribution in [0, 0.1) is 0 Å². The quantitative estimate of drug-likeness (QED) is 0.872. The van der Waals surface area contributed by atoms with Crippen molar-refractivity contribution in [2.45, 2.75) is 13.3 Å². The molecule has 5 nitrogen and oxygen atoms in total. The number of rotatable bonds is 4. The number of anilines is 2. The third kappa shape index (κ3) is 3.19. The zero-order chi connectivity index (χ0) is 13.8. The monoisotopic (exact) mass is 282 g/mol. The Bertz CT molecular complexity index is 438. The van der Waals surface area contributed by atoms with Gasteiger partial charge in [0.05, 0.1) is 10.7 Å². The van der Waals surface area contributed by atoms with Crippen molar-refractivity contribution in [1.82, 2.24) is 10.2 Å². The average molecular weight is 282 g/mol. The Kier molecular flexibility index (Phi) is 4.66. The summed E-state index contributed by atoms with van der Waals surface area (Å²) in [5.74, 6) is -0.0987. The molecule has 19 heavy (non-hydrogen) atoms. The number of piperazine rings is 1. The van der Waals surface area contributed by atoms with Gasteiger partial charge in [-0.15, -0.1) is 11.3 Å². The third-order valence-electron chi connectivity index (χ3n) is 3.40. The summed E-state index contributed by atoms with van der Waals surface area (Å²) in [6.45, 7) is 7.56. The van der Waals surface area contributed by atoms with Gasteiger partial charge in [-0.05, 0) is 19.0 Å². The summed E-state index contributed by atoms with van der Waals surface area (Å²) in [6.07, 6.45) is 1.20. The van der Waals surface area contributed by atoms with Crippen LogP contribution < -0.4 is 16.0 Å². The van der Waals surface area contributed by atoms with E-state index in [0.29, 0.717) is 10.6 Å². The standard InChI is InChI=1S/C13H22N4OS/c1-3-4-16-5-7-17(8-6-16)11-9-10(14)12(19-11)13(18)15-2/h9H,3-8,14H2,1-2H3,(H,15,18). The number of hydrogen-bond acceptors (Lipinski definition) is 5. The molecule has 1 amide bonds. The van der Waals surface area contributed by atoms with Crippen molar-refractivity contribution in [2.75, 3.05) is 50.4 Å². The second-order valence-electron chi connectivity index (χ2n) is 4.78. The largest absolute Gasteiger partial charge is 0.397 e. The Labute approximate surface area is 118 Å². The minimum absolute atomic E-state index is 0.0987. The molecule has 2 heterocycles. The molecule has 6 heteroatoms. The Balaban J connectivity index is 2.02. The van der Waals surface area contributed by atoms with Crippen LogP contribution in [0.2, 0.25) is 0 Å². The summed E-state index contributed by atoms with van der Waals surface area (Å²) < 4.78 is 0. The number of nitrogens with two attached hydrogens (primary N) is 1. The molecule has 106 valence electrons. The van der Waals surface area contributed by atoms with Gasteiger partial charge < -0.3 is 16.0 Å². The van der Waals surface area contributed by atoms with Crippen LogP contribution in [0.3, 0.4) is 0 Å². The van der Waals surface area contributed by atoms with Crippen LogP contribution in [0.4, 0.5) is 10.7 Å². The van der Waals surface area contributed by atoms with Crippen molar-refractivity contribution in [3.63, 3.8) is 0 Å². The molecule has 2 rings (SSSR count). The summed E-state index contributed by atoms with van der Waals surface area (Å²) in [4.78, 5) is 17.1. The fraction of sp³-hybridized carbons (Fsp3) is 0.615. The van der Waals surface area contributed by atoms with E-state index in [1.165, 1.54) is 24.3 Å². The molecular weight excluding hydrogens is 260 g/mol. The normalized spacial score (nSPS) is 16.6. The van der Waals surface area contributed by atoms with E-state index in [-0.39, 0.29) is 5.91 Å². The maximum absolute atomic E-state index is 11.7. The molecular formula is C13H22N4OS. The van der Waals surface area contributed by atoms with Gasteiger partial charge in [-0.1, -0.05) is 6.92 Å². The predicted octanol–water partition coefficient (Wildman–Crippen LogP) is 1.22. The summed E-state index contributed by atoms with van der Waals surface area (Å²) in [5.41, 5.74) is 6.49. The highest BCUT2D eigenvalue weighted by Gasteiger charge is 2.20. The molecule has 1 fully saturated rings. The Morgan fingerprint density at radius 1 is 1.42 bits per heavy atom. The van der Waals surface area contributed by atoms with E-state index in [1.54, 1.807) is 7.05 Å². The van der Waals surface area contributed by atoms with Crippen LogP contribution in [0.1, 0.15) is 23.0 Å². The second kappa shape index (κ2) is 6.25. The van der Waals surface area contributed by atoms with Crippen molar-refractivity contribution in [3.05, 3.63) is 10.9 Å². The predicted molar refractivity (Wildman–Crippen MR) is 81.1 cm³/mol. The molecule has 0 aromatic carbocycles. The van der Waals surface area contributed by atoms with Crippen LogP contribution in [-0.2, 0) is 0 Å². The fourth-order valence-corrected chi connectivity index (χ4v) is 3.42. The molecule has 0 aliphatic carbocycles. The highest BCUT2D eigenvalue weighted by atomic mass is 32.1. The average Bonchev–Trinajstić information content (AvgIpc) is 2.81. The van der Waals surface area contributed by atoms with Gasteiger partial charge in [0, 0.05) is 33.2 Å². The van der Waals surface area contributed by atoms with Gasteiger partial charge in [0.2, 0.25) is 0 Å².